The van der Waals surface area contributed by atoms with Crippen molar-refractivity contribution in [2.45, 2.75) is 29.2 Å². The van der Waals surface area contributed by atoms with E-state index >= 15 is 0 Å². The van der Waals surface area contributed by atoms with Crippen LogP contribution in [0.2, 0.25) is 0 Å². The molecule has 5 rings (SSSR count). The van der Waals surface area contributed by atoms with Crippen LogP contribution in [0.1, 0.15) is 23.7 Å². The maximum atomic E-state index is 13.5. The third-order valence-electron chi connectivity index (χ3n) is 4.98. The molecule has 1 aliphatic carbocycles. The summed E-state index contributed by atoms with van der Waals surface area (Å²) in [6.45, 7) is 0. The van der Waals surface area contributed by atoms with Gasteiger partial charge < -0.3 is 5.32 Å². The average Bonchev–Trinajstić information content (AvgIpc) is 3.48. The summed E-state index contributed by atoms with van der Waals surface area (Å²) in [5.41, 5.74) is 2.89. The quantitative estimate of drug-likeness (QED) is 0.316. The van der Waals surface area contributed by atoms with Crippen molar-refractivity contribution >= 4 is 39.2 Å². The highest BCUT2D eigenvalue weighted by molar-refractivity contribution is 8.00. The van der Waals surface area contributed by atoms with Gasteiger partial charge in [0, 0.05) is 17.0 Å². The molecular formula is C23H18FN3OS2. The van der Waals surface area contributed by atoms with Crippen LogP contribution in [-0.4, -0.2) is 21.9 Å². The third kappa shape index (κ3) is 3.95. The fraction of sp³-hybridized carbons (Fsp3) is 0.174. The normalized spacial score (nSPS) is 14.6. The van der Waals surface area contributed by atoms with Crippen LogP contribution in [-0.2, 0) is 4.79 Å². The number of hydrogen-bond donors (Lipinski definition) is 1. The Hall–Kier alpha value is -2.77. The molecule has 7 heteroatoms. The van der Waals surface area contributed by atoms with Crippen molar-refractivity contribution in [2.24, 2.45) is 0 Å². The lowest BCUT2D eigenvalue weighted by atomic mass is 10.1. The van der Waals surface area contributed by atoms with Gasteiger partial charge in [0.05, 0.1) is 5.39 Å². The number of hydrogen-bond acceptors (Lipinski definition) is 5. The predicted molar refractivity (Wildman–Crippen MR) is 119 cm³/mol. The van der Waals surface area contributed by atoms with Crippen LogP contribution in [0, 0.1) is 5.82 Å². The SMILES string of the molecule is O=C(NC1CC1)C(Sc1ncnc2scc(-c3ccccc3)c12)c1ccc(F)cc1. The third-order valence-corrected chi connectivity index (χ3v) is 7.13. The van der Waals surface area contributed by atoms with Gasteiger partial charge in [-0.3, -0.25) is 4.79 Å². The molecule has 0 bridgehead atoms. The lowest BCUT2D eigenvalue weighted by molar-refractivity contribution is -0.120. The number of thioether (sulfide) groups is 1. The molecule has 1 aliphatic rings. The van der Waals surface area contributed by atoms with Gasteiger partial charge in [0.15, 0.2) is 0 Å². The molecule has 2 heterocycles. The minimum Gasteiger partial charge on any atom is -0.352 e. The number of benzene rings is 2. The Bertz CT molecular complexity index is 1190. The summed E-state index contributed by atoms with van der Waals surface area (Å²) < 4.78 is 13.5. The van der Waals surface area contributed by atoms with E-state index in [-0.39, 0.29) is 17.8 Å². The second-order valence-electron chi connectivity index (χ2n) is 7.21. The Balaban J connectivity index is 1.56. The fourth-order valence-electron chi connectivity index (χ4n) is 3.29. The number of nitrogens with zero attached hydrogens (tertiary/aromatic N) is 2. The molecule has 2 aromatic carbocycles. The molecule has 4 aromatic rings. The number of amides is 1. The average molecular weight is 436 g/mol. The fourth-order valence-corrected chi connectivity index (χ4v) is 5.40. The van der Waals surface area contributed by atoms with Crippen LogP contribution in [0.25, 0.3) is 21.3 Å². The van der Waals surface area contributed by atoms with Gasteiger partial charge in [0.2, 0.25) is 5.91 Å². The summed E-state index contributed by atoms with van der Waals surface area (Å²) in [5, 5.41) is 6.34. The molecule has 1 fully saturated rings. The minimum absolute atomic E-state index is 0.0719. The lowest BCUT2D eigenvalue weighted by Crippen LogP contribution is -2.29. The van der Waals surface area contributed by atoms with Crippen molar-refractivity contribution in [1.29, 1.82) is 0 Å². The zero-order chi connectivity index (χ0) is 20.5. The number of carbonyl (C=O) groups excluding carboxylic acids is 1. The minimum atomic E-state index is -0.521. The maximum Gasteiger partial charge on any atom is 0.238 e. The first-order valence-electron chi connectivity index (χ1n) is 9.69. The monoisotopic (exact) mass is 435 g/mol. The Morgan fingerprint density at radius 2 is 1.87 bits per heavy atom. The van der Waals surface area contributed by atoms with Gasteiger partial charge in [-0.25, -0.2) is 14.4 Å². The molecule has 0 radical (unpaired) electrons. The van der Waals surface area contributed by atoms with Crippen molar-refractivity contribution in [1.82, 2.24) is 15.3 Å². The van der Waals surface area contributed by atoms with E-state index in [2.05, 4.69) is 32.8 Å². The molecule has 1 N–H and O–H groups in total. The van der Waals surface area contributed by atoms with E-state index < -0.39 is 5.25 Å². The van der Waals surface area contributed by atoms with Gasteiger partial charge in [0.1, 0.15) is 27.3 Å². The van der Waals surface area contributed by atoms with Gasteiger partial charge >= 0.3 is 0 Å². The molecular weight excluding hydrogens is 417 g/mol. The zero-order valence-corrected chi connectivity index (χ0v) is 17.5. The summed E-state index contributed by atoms with van der Waals surface area (Å²) in [6, 6.07) is 16.5. The van der Waals surface area contributed by atoms with Crippen LogP contribution in [0.15, 0.2) is 71.3 Å². The Labute approximate surface area is 181 Å². The predicted octanol–water partition coefficient (Wildman–Crippen LogP) is 5.61. The molecule has 0 spiro atoms. The highest BCUT2D eigenvalue weighted by Crippen LogP contribution is 2.43. The summed E-state index contributed by atoms with van der Waals surface area (Å²) in [7, 11) is 0. The van der Waals surface area contributed by atoms with E-state index in [9.17, 15) is 9.18 Å². The molecule has 4 nitrogen and oxygen atoms in total. The molecule has 1 unspecified atom stereocenters. The standard InChI is InChI=1S/C23H18FN3OS2/c24-16-8-6-15(7-9-16)20(21(28)27-17-10-11-17)30-23-19-18(14-4-2-1-3-5-14)12-29-22(19)25-13-26-23/h1-9,12-13,17,20H,10-11H2,(H,27,28). The van der Waals surface area contributed by atoms with E-state index in [1.165, 1.54) is 30.2 Å². The van der Waals surface area contributed by atoms with E-state index in [1.54, 1.807) is 23.5 Å². The molecule has 1 atom stereocenters. The second-order valence-corrected chi connectivity index (χ2v) is 9.16. The van der Waals surface area contributed by atoms with Crippen molar-refractivity contribution in [3.05, 3.63) is 77.7 Å². The maximum absolute atomic E-state index is 13.5. The number of fused-ring (bicyclic) bond motifs is 1. The van der Waals surface area contributed by atoms with Gasteiger partial charge in [0.25, 0.3) is 0 Å². The number of halogens is 1. The first-order chi connectivity index (χ1) is 14.7. The van der Waals surface area contributed by atoms with Crippen LogP contribution in [0.5, 0.6) is 0 Å². The van der Waals surface area contributed by atoms with Crippen LogP contribution >= 0.6 is 23.1 Å². The Morgan fingerprint density at radius 3 is 2.60 bits per heavy atom. The van der Waals surface area contributed by atoms with Gasteiger partial charge in [-0.1, -0.05) is 54.2 Å². The van der Waals surface area contributed by atoms with Crippen molar-refractivity contribution < 1.29 is 9.18 Å². The Morgan fingerprint density at radius 1 is 1.10 bits per heavy atom. The van der Waals surface area contributed by atoms with Gasteiger partial charge in [-0.15, -0.1) is 11.3 Å². The number of nitrogens with one attached hydrogen (secondary N) is 1. The summed E-state index contributed by atoms with van der Waals surface area (Å²) in [5.74, 6) is -0.393. The zero-order valence-electron chi connectivity index (χ0n) is 15.9. The van der Waals surface area contributed by atoms with Crippen LogP contribution < -0.4 is 5.32 Å². The van der Waals surface area contributed by atoms with E-state index in [4.69, 9.17) is 0 Å². The molecule has 2 aromatic heterocycles. The van der Waals surface area contributed by atoms with E-state index in [0.717, 1.165) is 44.8 Å². The lowest BCUT2D eigenvalue weighted by Gasteiger charge is -2.17. The molecule has 30 heavy (non-hydrogen) atoms. The van der Waals surface area contributed by atoms with Crippen LogP contribution in [0.4, 0.5) is 4.39 Å². The largest absolute Gasteiger partial charge is 0.352 e. The van der Waals surface area contributed by atoms with Crippen molar-refractivity contribution in [3.8, 4) is 11.1 Å². The molecule has 150 valence electrons. The first-order valence-corrected chi connectivity index (χ1v) is 11.4. The number of rotatable bonds is 6. The number of thiophene rings is 1. The van der Waals surface area contributed by atoms with E-state index in [0.29, 0.717) is 0 Å². The summed E-state index contributed by atoms with van der Waals surface area (Å²) >= 11 is 2.95. The van der Waals surface area contributed by atoms with Gasteiger partial charge in [-0.05, 0) is 36.1 Å². The highest BCUT2D eigenvalue weighted by Gasteiger charge is 2.30. The number of aromatic nitrogens is 2. The van der Waals surface area contributed by atoms with Crippen molar-refractivity contribution in [3.63, 3.8) is 0 Å². The second kappa shape index (κ2) is 8.16. The van der Waals surface area contributed by atoms with Crippen molar-refractivity contribution in [2.75, 3.05) is 0 Å². The Kier molecular flexibility index (Phi) is 5.23. The topological polar surface area (TPSA) is 54.9 Å². The summed E-state index contributed by atoms with van der Waals surface area (Å²) in [6.07, 6.45) is 3.55. The smallest absolute Gasteiger partial charge is 0.238 e. The first kappa shape index (κ1) is 19.2. The molecule has 0 saturated heterocycles. The van der Waals surface area contributed by atoms with Crippen LogP contribution in [0.3, 0.4) is 0 Å². The highest BCUT2D eigenvalue weighted by atomic mass is 32.2. The summed E-state index contributed by atoms with van der Waals surface area (Å²) in [4.78, 5) is 22.9. The molecule has 1 amide bonds. The molecule has 0 aliphatic heterocycles. The molecule has 1 saturated carbocycles. The van der Waals surface area contributed by atoms with Gasteiger partial charge in [-0.2, -0.15) is 0 Å². The number of carbonyl (C=O) groups is 1. The van der Waals surface area contributed by atoms with E-state index in [1.807, 2.05) is 18.2 Å².